The quantitative estimate of drug-likeness (QED) is 0.614. The maximum absolute atomic E-state index is 12.3. The van der Waals surface area contributed by atoms with E-state index in [1.165, 1.54) is 24.4 Å². The van der Waals surface area contributed by atoms with E-state index in [2.05, 4.69) is 15.0 Å². The first-order chi connectivity index (χ1) is 13.7. The van der Waals surface area contributed by atoms with Gasteiger partial charge < -0.3 is 10.1 Å². The van der Waals surface area contributed by atoms with E-state index in [-0.39, 0.29) is 5.75 Å². The zero-order chi connectivity index (χ0) is 21.0. The fourth-order valence-electron chi connectivity index (χ4n) is 2.43. The summed E-state index contributed by atoms with van der Waals surface area (Å²) in [4.78, 5) is 16.5. The summed E-state index contributed by atoms with van der Waals surface area (Å²) in [5, 5.41) is 11.7. The van der Waals surface area contributed by atoms with E-state index in [0.717, 1.165) is 12.1 Å². The first-order valence-corrected chi connectivity index (χ1v) is 8.46. The van der Waals surface area contributed by atoms with Gasteiger partial charge in [-0.2, -0.15) is 5.26 Å². The van der Waals surface area contributed by atoms with Gasteiger partial charge in [0.15, 0.2) is 0 Å². The van der Waals surface area contributed by atoms with Crippen molar-refractivity contribution in [1.29, 1.82) is 5.26 Å². The maximum Gasteiger partial charge on any atom is 0.573 e. The van der Waals surface area contributed by atoms with Crippen molar-refractivity contribution in [2.75, 3.05) is 5.32 Å². The number of ether oxygens (including phenoxy) is 1. The Morgan fingerprint density at radius 1 is 1.10 bits per heavy atom. The predicted molar refractivity (Wildman–Crippen MR) is 100 cm³/mol. The summed E-state index contributed by atoms with van der Waals surface area (Å²) < 4.78 is 40.3. The van der Waals surface area contributed by atoms with Crippen LogP contribution in [0.25, 0.3) is 11.3 Å². The SMILES string of the molecule is N#Cc1cnc(-c2ccc(C(=O)Nc3ccc(OC(F)(F)F)cc3)cc2)c(Cl)c1. The Morgan fingerprint density at radius 2 is 1.76 bits per heavy atom. The number of alkyl halides is 3. The van der Waals surface area contributed by atoms with Crippen LogP contribution in [0.2, 0.25) is 5.02 Å². The van der Waals surface area contributed by atoms with Crippen molar-refractivity contribution in [3.05, 3.63) is 76.9 Å². The molecule has 0 atom stereocenters. The van der Waals surface area contributed by atoms with Crippen molar-refractivity contribution in [3.8, 4) is 23.1 Å². The van der Waals surface area contributed by atoms with Gasteiger partial charge >= 0.3 is 6.36 Å². The second-order valence-electron chi connectivity index (χ2n) is 5.77. The van der Waals surface area contributed by atoms with E-state index in [1.54, 1.807) is 24.3 Å². The summed E-state index contributed by atoms with van der Waals surface area (Å²) in [6, 6.07) is 14.7. The fraction of sp³-hybridized carbons (Fsp3) is 0.0500. The van der Waals surface area contributed by atoms with Crippen LogP contribution in [0.4, 0.5) is 18.9 Å². The van der Waals surface area contributed by atoms with Crippen LogP contribution in [0.5, 0.6) is 5.75 Å². The molecule has 2 aromatic carbocycles. The number of nitriles is 1. The number of rotatable bonds is 4. The second-order valence-corrected chi connectivity index (χ2v) is 6.18. The third kappa shape index (κ3) is 5.24. The van der Waals surface area contributed by atoms with Crippen molar-refractivity contribution in [3.63, 3.8) is 0 Å². The number of aromatic nitrogens is 1. The maximum atomic E-state index is 12.3. The third-order valence-electron chi connectivity index (χ3n) is 3.74. The third-order valence-corrected chi connectivity index (χ3v) is 4.02. The Kier molecular flexibility index (Phi) is 5.71. The Labute approximate surface area is 168 Å². The molecule has 1 N–H and O–H groups in total. The minimum absolute atomic E-state index is 0.308. The number of pyridine rings is 1. The molecule has 0 spiro atoms. The molecule has 0 saturated carbocycles. The number of hydrogen-bond donors (Lipinski definition) is 1. The van der Waals surface area contributed by atoms with Gasteiger partial charge in [-0.25, -0.2) is 0 Å². The van der Waals surface area contributed by atoms with Crippen molar-refractivity contribution < 1.29 is 22.7 Å². The molecule has 29 heavy (non-hydrogen) atoms. The zero-order valence-corrected chi connectivity index (χ0v) is 15.3. The average Bonchev–Trinajstić information content (AvgIpc) is 2.68. The van der Waals surface area contributed by atoms with E-state index in [1.807, 2.05) is 6.07 Å². The van der Waals surface area contributed by atoms with E-state index in [9.17, 15) is 18.0 Å². The van der Waals surface area contributed by atoms with Crippen LogP contribution in [-0.2, 0) is 0 Å². The summed E-state index contributed by atoms with van der Waals surface area (Å²) in [6.07, 6.45) is -3.38. The van der Waals surface area contributed by atoms with Gasteiger partial charge in [0.1, 0.15) is 11.8 Å². The van der Waals surface area contributed by atoms with Gasteiger partial charge in [-0.05, 0) is 42.5 Å². The Balaban J connectivity index is 1.70. The summed E-state index contributed by atoms with van der Waals surface area (Å²) in [6.45, 7) is 0. The molecule has 0 aliphatic heterocycles. The monoisotopic (exact) mass is 417 g/mol. The normalized spacial score (nSPS) is 10.9. The van der Waals surface area contributed by atoms with Crippen molar-refractivity contribution in [1.82, 2.24) is 4.98 Å². The number of nitrogens with one attached hydrogen (secondary N) is 1. The predicted octanol–water partition coefficient (Wildman–Crippen LogP) is 5.42. The summed E-state index contributed by atoms with van der Waals surface area (Å²) in [5.74, 6) is -0.827. The number of benzene rings is 2. The number of halogens is 4. The van der Waals surface area contributed by atoms with Crippen molar-refractivity contribution in [2.45, 2.75) is 6.36 Å². The Morgan fingerprint density at radius 3 is 2.31 bits per heavy atom. The van der Waals surface area contributed by atoms with E-state index in [0.29, 0.717) is 33.1 Å². The summed E-state index contributed by atoms with van der Waals surface area (Å²) in [7, 11) is 0. The fourth-order valence-corrected chi connectivity index (χ4v) is 2.71. The number of carbonyl (C=O) groups is 1. The first kappa shape index (κ1) is 20.2. The van der Waals surface area contributed by atoms with Crippen molar-refractivity contribution in [2.24, 2.45) is 0 Å². The van der Waals surface area contributed by atoms with Gasteiger partial charge in [0, 0.05) is 23.0 Å². The van der Waals surface area contributed by atoms with Crippen LogP contribution < -0.4 is 10.1 Å². The molecule has 0 saturated heterocycles. The summed E-state index contributed by atoms with van der Waals surface area (Å²) in [5.41, 5.74) is 2.10. The second kappa shape index (κ2) is 8.20. The molecule has 3 aromatic rings. The smallest absolute Gasteiger partial charge is 0.406 e. The molecule has 1 amide bonds. The van der Waals surface area contributed by atoms with Crippen LogP contribution in [0.3, 0.4) is 0 Å². The molecular weight excluding hydrogens is 407 g/mol. The molecule has 0 unspecified atom stereocenters. The first-order valence-electron chi connectivity index (χ1n) is 8.08. The molecule has 0 fully saturated rings. The van der Waals surface area contributed by atoms with Crippen LogP contribution in [0.15, 0.2) is 60.8 Å². The topological polar surface area (TPSA) is 75.0 Å². The lowest BCUT2D eigenvalue weighted by molar-refractivity contribution is -0.274. The standard InChI is InChI=1S/C20H11ClF3N3O2/c21-17-9-12(10-25)11-26-18(17)13-1-3-14(4-2-13)19(28)27-15-5-7-16(8-6-15)29-20(22,23)24/h1-9,11H,(H,27,28). The number of amides is 1. The van der Waals surface area contributed by atoms with Gasteiger partial charge in [0.25, 0.3) is 5.91 Å². The van der Waals surface area contributed by atoms with Gasteiger partial charge in [0.2, 0.25) is 0 Å². The molecular formula is C20H11ClF3N3O2. The lowest BCUT2D eigenvalue weighted by atomic mass is 10.1. The molecule has 3 rings (SSSR count). The molecule has 0 bridgehead atoms. The highest BCUT2D eigenvalue weighted by atomic mass is 35.5. The molecule has 9 heteroatoms. The molecule has 1 heterocycles. The van der Waals surface area contributed by atoms with Crippen LogP contribution >= 0.6 is 11.6 Å². The minimum atomic E-state index is -4.78. The lowest BCUT2D eigenvalue weighted by Crippen LogP contribution is -2.17. The van der Waals surface area contributed by atoms with Crippen molar-refractivity contribution >= 4 is 23.2 Å². The average molecular weight is 418 g/mol. The number of nitrogens with zero attached hydrogens (tertiary/aromatic N) is 2. The van der Waals surface area contributed by atoms with Gasteiger partial charge in [-0.1, -0.05) is 23.7 Å². The number of carbonyl (C=O) groups excluding carboxylic acids is 1. The van der Waals surface area contributed by atoms with Gasteiger partial charge in [0.05, 0.1) is 16.3 Å². The number of anilines is 1. The lowest BCUT2D eigenvalue weighted by Gasteiger charge is -2.10. The highest BCUT2D eigenvalue weighted by Crippen LogP contribution is 2.27. The molecule has 0 radical (unpaired) electrons. The Hall–Kier alpha value is -3.57. The highest BCUT2D eigenvalue weighted by Gasteiger charge is 2.30. The van der Waals surface area contributed by atoms with Crippen LogP contribution in [0, 0.1) is 11.3 Å². The molecule has 5 nitrogen and oxygen atoms in total. The Bertz CT molecular complexity index is 1080. The van der Waals surface area contributed by atoms with E-state index in [4.69, 9.17) is 16.9 Å². The largest absolute Gasteiger partial charge is 0.573 e. The van der Waals surface area contributed by atoms with E-state index < -0.39 is 12.3 Å². The van der Waals surface area contributed by atoms with E-state index >= 15 is 0 Å². The summed E-state index contributed by atoms with van der Waals surface area (Å²) >= 11 is 6.13. The minimum Gasteiger partial charge on any atom is -0.406 e. The zero-order valence-electron chi connectivity index (χ0n) is 14.5. The molecule has 0 aliphatic rings. The highest BCUT2D eigenvalue weighted by molar-refractivity contribution is 6.33. The number of hydrogen-bond acceptors (Lipinski definition) is 4. The van der Waals surface area contributed by atoms with Crippen LogP contribution in [0.1, 0.15) is 15.9 Å². The van der Waals surface area contributed by atoms with Crippen LogP contribution in [-0.4, -0.2) is 17.3 Å². The van der Waals surface area contributed by atoms with Gasteiger partial charge in [-0.3, -0.25) is 9.78 Å². The van der Waals surface area contributed by atoms with Gasteiger partial charge in [-0.15, -0.1) is 13.2 Å². The molecule has 1 aromatic heterocycles. The molecule has 0 aliphatic carbocycles. The molecule has 146 valence electrons.